The van der Waals surface area contributed by atoms with Crippen LogP contribution in [0.3, 0.4) is 0 Å². The van der Waals surface area contributed by atoms with E-state index in [0.29, 0.717) is 23.7 Å². The Morgan fingerprint density at radius 3 is 1.36 bits per heavy atom. The van der Waals surface area contributed by atoms with Crippen molar-refractivity contribution in [3.8, 4) is 0 Å². The molecule has 4 unspecified atom stereocenters. The van der Waals surface area contributed by atoms with E-state index in [9.17, 15) is 9.59 Å². The summed E-state index contributed by atoms with van der Waals surface area (Å²) in [4.78, 5) is 25.4. The highest BCUT2D eigenvalue weighted by Gasteiger charge is 2.44. The van der Waals surface area contributed by atoms with Gasteiger partial charge in [0.15, 0.2) is 0 Å². The van der Waals surface area contributed by atoms with E-state index in [1.807, 2.05) is 13.8 Å². The lowest BCUT2D eigenvalue weighted by Gasteiger charge is -2.45. The average Bonchev–Trinajstić information content (AvgIpc) is 2.59. The largest absolute Gasteiger partial charge is 0.456 e. The van der Waals surface area contributed by atoms with E-state index in [1.54, 1.807) is 0 Å². The highest BCUT2D eigenvalue weighted by Crippen LogP contribution is 2.47. The summed E-state index contributed by atoms with van der Waals surface area (Å²) in [5.74, 6) is 1.40. The van der Waals surface area contributed by atoms with Crippen LogP contribution in [0.5, 0.6) is 0 Å². The molecule has 156 valence electrons. The van der Waals surface area contributed by atoms with Crippen molar-refractivity contribution < 1.29 is 19.1 Å². The summed E-state index contributed by atoms with van der Waals surface area (Å²) >= 11 is 0. The van der Waals surface area contributed by atoms with Crippen LogP contribution < -0.4 is 0 Å². The Balaban J connectivity index is 1.34. The summed E-state index contributed by atoms with van der Waals surface area (Å²) in [6.45, 7) is 7.79. The van der Waals surface area contributed by atoms with Gasteiger partial charge in [0.1, 0.15) is 16.8 Å². The van der Waals surface area contributed by atoms with Crippen molar-refractivity contribution in [2.45, 2.75) is 102 Å². The normalized spacial score (nSPS) is 42.4. The molecule has 0 aromatic heterocycles. The summed E-state index contributed by atoms with van der Waals surface area (Å²) in [5, 5.41) is 0. The zero-order chi connectivity index (χ0) is 19.9. The number of ether oxygens (including phenoxy) is 2. The van der Waals surface area contributed by atoms with Crippen LogP contribution in [-0.2, 0) is 19.1 Å². The summed E-state index contributed by atoms with van der Waals surface area (Å²) in [6.07, 6.45) is 13.6. The number of carbonyl (C=O) groups excluding carboxylic acids is 2. The smallest absolute Gasteiger partial charge is 0.345 e. The Morgan fingerprint density at radius 1 is 0.714 bits per heavy atom. The fraction of sp³-hybridized carbons (Fsp3) is 0.833. The standard InChI is InChI=1S/C24H36O4/c1-16(21(25)27-23(2)12-17-6-4-7-18(10-17)13-23)22(26)28-24(3)14-19-8-5-9-20(11-19)15-24/h17-20H,1,4-15H2,2-3H3. The first-order valence-corrected chi connectivity index (χ1v) is 11.4. The Hall–Kier alpha value is -1.32. The van der Waals surface area contributed by atoms with Gasteiger partial charge in [-0.15, -0.1) is 0 Å². The summed E-state index contributed by atoms with van der Waals surface area (Å²) in [5.41, 5.74) is -1.09. The van der Waals surface area contributed by atoms with E-state index in [0.717, 1.165) is 25.7 Å². The van der Waals surface area contributed by atoms with Crippen molar-refractivity contribution in [2.75, 3.05) is 0 Å². The second-order valence-corrected chi connectivity index (χ2v) is 10.8. The highest BCUT2D eigenvalue weighted by atomic mass is 16.6. The molecule has 4 aliphatic rings. The van der Waals surface area contributed by atoms with Gasteiger partial charge in [-0.2, -0.15) is 0 Å². The van der Waals surface area contributed by atoms with E-state index >= 15 is 0 Å². The maximum absolute atomic E-state index is 12.7. The van der Waals surface area contributed by atoms with Gasteiger partial charge in [0.25, 0.3) is 0 Å². The average molecular weight is 389 g/mol. The molecule has 0 spiro atoms. The van der Waals surface area contributed by atoms with Gasteiger partial charge in [-0.1, -0.05) is 45.1 Å². The number of esters is 2. The van der Waals surface area contributed by atoms with Gasteiger partial charge in [-0.05, 0) is 76.0 Å². The third-order valence-electron chi connectivity index (χ3n) is 7.84. The zero-order valence-corrected chi connectivity index (χ0v) is 17.6. The molecule has 4 saturated carbocycles. The minimum absolute atomic E-state index is 0.145. The number of carbonyl (C=O) groups is 2. The lowest BCUT2D eigenvalue weighted by Crippen LogP contribution is -2.44. The molecule has 4 atom stereocenters. The number of rotatable bonds is 4. The molecule has 0 N–H and O–H groups in total. The quantitative estimate of drug-likeness (QED) is 0.282. The van der Waals surface area contributed by atoms with Gasteiger partial charge in [-0.25, -0.2) is 9.59 Å². The minimum Gasteiger partial charge on any atom is -0.456 e. The molecule has 0 amide bonds. The van der Waals surface area contributed by atoms with E-state index < -0.39 is 23.1 Å². The SMILES string of the molecule is C=C(C(=O)OC1(C)CC2CCCC(C2)C1)C(=O)OC1(C)CC2CCCC(C2)C1. The van der Waals surface area contributed by atoms with E-state index in [4.69, 9.17) is 9.47 Å². The maximum Gasteiger partial charge on any atom is 0.345 e. The Bertz CT molecular complexity index is 573. The monoisotopic (exact) mass is 388 g/mol. The molecule has 4 rings (SSSR count). The molecular weight excluding hydrogens is 352 g/mol. The van der Waals surface area contributed by atoms with Gasteiger partial charge >= 0.3 is 11.9 Å². The van der Waals surface area contributed by atoms with Gasteiger partial charge in [0.05, 0.1) is 0 Å². The molecular formula is C24H36O4. The number of fused-ring (bicyclic) bond motifs is 4. The second-order valence-electron chi connectivity index (χ2n) is 10.8. The third-order valence-corrected chi connectivity index (χ3v) is 7.84. The summed E-state index contributed by atoms with van der Waals surface area (Å²) in [7, 11) is 0. The van der Waals surface area contributed by atoms with Crippen molar-refractivity contribution in [1.82, 2.24) is 0 Å². The fourth-order valence-corrected chi connectivity index (χ4v) is 6.98. The lowest BCUT2D eigenvalue weighted by molar-refractivity contribution is -0.170. The predicted molar refractivity (Wildman–Crippen MR) is 107 cm³/mol. The fourth-order valence-electron chi connectivity index (χ4n) is 6.98. The topological polar surface area (TPSA) is 52.6 Å². The molecule has 0 saturated heterocycles. The first-order chi connectivity index (χ1) is 13.2. The molecule has 0 aliphatic heterocycles. The molecule has 4 heteroatoms. The van der Waals surface area contributed by atoms with Crippen LogP contribution in [0.15, 0.2) is 12.2 Å². The van der Waals surface area contributed by atoms with E-state index in [2.05, 4.69) is 6.58 Å². The lowest BCUT2D eigenvalue weighted by atomic mass is 9.66. The maximum atomic E-state index is 12.7. The highest BCUT2D eigenvalue weighted by molar-refractivity contribution is 6.13. The molecule has 0 radical (unpaired) electrons. The second kappa shape index (κ2) is 7.50. The Kier molecular flexibility index (Phi) is 5.35. The van der Waals surface area contributed by atoms with Crippen molar-refractivity contribution >= 4 is 11.9 Å². The first kappa shape index (κ1) is 20.0. The van der Waals surface area contributed by atoms with Crippen LogP contribution in [0.1, 0.15) is 90.9 Å². The van der Waals surface area contributed by atoms with Gasteiger partial charge < -0.3 is 9.47 Å². The molecule has 0 aromatic carbocycles. The Labute approximate surface area is 169 Å². The molecule has 4 bridgehead atoms. The molecule has 4 fully saturated rings. The molecule has 0 heterocycles. The van der Waals surface area contributed by atoms with E-state index in [-0.39, 0.29) is 5.57 Å². The predicted octanol–water partition coefficient (Wildman–Crippen LogP) is 5.35. The molecule has 0 aromatic rings. The first-order valence-electron chi connectivity index (χ1n) is 11.4. The van der Waals surface area contributed by atoms with Crippen LogP contribution in [0.2, 0.25) is 0 Å². The molecule has 4 aliphatic carbocycles. The van der Waals surface area contributed by atoms with Crippen LogP contribution >= 0.6 is 0 Å². The van der Waals surface area contributed by atoms with Gasteiger partial charge in [0, 0.05) is 0 Å². The Morgan fingerprint density at radius 2 is 1.04 bits per heavy atom. The van der Waals surface area contributed by atoms with Crippen LogP contribution in [-0.4, -0.2) is 23.1 Å². The molecule has 4 nitrogen and oxygen atoms in total. The van der Waals surface area contributed by atoms with Crippen molar-refractivity contribution in [1.29, 1.82) is 0 Å². The van der Waals surface area contributed by atoms with Crippen LogP contribution in [0.25, 0.3) is 0 Å². The van der Waals surface area contributed by atoms with E-state index in [1.165, 1.54) is 51.4 Å². The zero-order valence-electron chi connectivity index (χ0n) is 17.6. The minimum atomic E-state index is -0.591. The van der Waals surface area contributed by atoms with Gasteiger partial charge in [-0.3, -0.25) is 0 Å². The van der Waals surface area contributed by atoms with Gasteiger partial charge in [0.2, 0.25) is 0 Å². The summed E-state index contributed by atoms with van der Waals surface area (Å²) in [6, 6.07) is 0. The van der Waals surface area contributed by atoms with Crippen molar-refractivity contribution in [3.05, 3.63) is 12.2 Å². The third kappa shape index (κ3) is 4.31. The van der Waals surface area contributed by atoms with Crippen LogP contribution in [0.4, 0.5) is 0 Å². The molecule has 28 heavy (non-hydrogen) atoms. The van der Waals surface area contributed by atoms with Crippen molar-refractivity contribution in [3.63, 3.8) is 0 Å². The summed E-state index contributed by atoms with van der Waals surface area (Å²) < 4.78 is 11.7. The number of hydrogen-bond donors (Lipinski definition) is 0. The van der Waals surface area contributed by atoms with Crippen molar-refractivity contribution in [2.24, 2.45) is 23.7 Å². The number of hydrogen-bond acceptors (Lipinski definition) is 4. The van der Waals surface area contributed by atoms with Crippen LogP contribution in [0, 0.1) is 23.7 Å².